The Balaban J connectivity index is 2.51. The smallest absolute Gasteiger partial charge is 0.312 e. The second-order valence-electron chi connectivity index (χ2n) is 3.97. The van der Waals surface area contributed by atoms with Gasteiger partial charge in [-0.2, -0.15) is 0 Å². The van der Waals surface area contributed by atoms with Gasteiger partial charge in [-0.05, 0) is 26.9 Å². The molecule has 1 aliphatic rings. The number of hydrogen-bond donors (Lipinski definition) is 1. The number of amides is 2. The lowest BCUT2D eigenvalue weighted by molar-refractivity contribution is -0.157. The van der Waals surface area contributed by atoms with Crippen LogP contribution in [0.1, 0.15) is 13.3 Å². The van der Waals surface area contributed by atoms with Gasteiger partial charge in [-0.15, -0.1) is 0 Å². The van der Waals surface area contributed by atoms with Gasteiger partial charge in [0.1, 0.15) is 0 Å². The van der Waals surface area contributed by atoms with Gasteiger partial charge in [-0.25, -0.2) is 0 Å². The maximum atomic E-state index is 11.6. The molecule has 1 fully saturated rings. The Labute approximate surface area is 90.4 Å². The minimum atomic E-state index is -0.391. The van der Waals surface area contributed by atoms with Gasteiger partial charge in [0, 0.05) is 26.2 Å². The molecule has 1 heterocycles. The number of carbonyl (C=O) groups is 2. The first-order chi connectivity index (χ1) is 7.07. The average Bonchev–Trinajstić information content (AvgIpc) is 2.23. The lowest BCUT2D eigenvalue weighted by Crippen LogP contribution is -2.57. The highest BCUT2D eigenvalue weighted by molar-refractivity contribution is 6.35. The fourth-order valence-electron chi connectivity index (χ4n) is 1.65. The van der Waals surface area contributed by atoms with Gasteiger partial charge in [0.2, 0.25) is 0 Å². The molecule has 0 radical (unpaired) electrons. The molecule has 1 unspecified atom stereocenters. The van der Waals surface area contributed by atoms with Crippen molar-refractivity contribution in [2.75, 3.05) is 33.7 Å². The van der Waals surface area contributed by atoms with Gasteiger partial charge in [-0.1, -0.05) is 0 Å². The van der Waals surface area contributed by atoms with Crippen molar-refractivity contribution in [2.45, 2.75) is 19.4 Å². The highest BCUT2D eigenvalue weighted by atomic mass is 16.2. The van der Waals surface area contributed by atoms with E-state index < -0.39 is 5.91 Å². The van der Waals surface area contributed by atoms with E-state index in [0.29, 0.717) is 13.1 Å². The molecule has 5 nitrogen and oxygen atoms in total. The minimum absolute atomic E-state index is 0.116. The third-order valence-electron chi connectivity index (χ3n) is 2.79. The summed E-state index contributed by atoms with van der Waals surface area (Å²) in [5, 5.41) is 3.02. The van der Waals surface area contributed by atoms with Crippen LogP contribution in [0, 0.1) is 0 Å². The molecule has 1 saturated heterocycles. The first-order valence-electron chi connectivity index (χ1n) is 5.28. The van der Waals surface area contributed by atoms with Crippen molar-refractivity contribution in [1.82, 2.24) is 15.1 Å². The van der Waals surface area contributed by atoms with Crippen molar-refractivity contribution in [2.24, 2.45) is 0 Å². The molecule has 0 aromatic heterocycles. The predicted octanol–water partition coefficient (Wildman–Crippen LogP) is -0.715. The molecule has 2 amide bonds. The van der Waals surface area contributed by atoms with Crippen LogP contribution < -0.4 is 5.32 Å². The minimum Gasteiger partial charge on any atom is -0.333 e. The van der Waals surface area contributed by atoms with Crippen LogP contribution in [-0.4, -0.2) is 61.4 Å². The zero-order valence-electron chi connectivity index (χ0n) is 9.62. The number of nitrogens with zero attached hydrogens (tertiary/aromatic N) is 2. The van der Waals surface area contributed by atoms with E-state index in [1.807, 2.05) is 14.0 Å². The van der Waals surface area contributed by atoms with Gasteiger partial charge >= 0.3 is 11.8 Å². The zero-order chi connectivity index (χ0) is 11.4. The number of nitrogens with one attached hydrogen (secondary N) is 1. The monoisotopic (exact) mass is 213 g/mol. The van der Waals surface area contributed by atoms with Gasteiger partial charge in [-0.3, -0.25) is 9.59 Å². The molecule has 1 rings (SSSR count). The van der Waals surface area contributed by atoms with Crippen LogP contribution in [0.2, 0.25) is 0 Å². The van der Waals surface area contributed by atoms with Gasteiger partial charge < -0.3 is 15.1 Å². The van der Waals surface area contributed by atoms with Crippen molar-refractivity contribution in [3.8, 4) is 0 Å². The summed E-state index contributed by atoms with van der Waals surface area (Å²) in [5.74, 6) is -0.759. The molecule has 0 spiro atoms. The average molecular weight is 213 g/mol. The number of piperazine rings is 1. The maximum Gasteiger partial charge on any atom is 0.312 e. The van der Waals surface area contributed by atoms with E-state index in [9.17, 15) is 9.59 Å². The predicted molar refractivity (Wildman–Crippen MR) is 57.4 cm³/mol. The van der Waals surface area contributed by atoms with Crippen molar-refractivity contribution >= 4 is 11.8 Å². The first kappa shape index (κ1) is 12.0. The van der Waals surface area contributed by atoms with Crippen LogP contribution in [-0.2, 0) is 9.59 Å². The van der Waals surface area contributed by atoms with Crippen LogP contribution in [0.3, 0.4) is 0 Å². The van der Waals surface area contributed by atoms with Gasteiger partial charge in [0.05, 0.1) is 0 Å². The molecular weight excluding hydrogens is 194 g/mol. The Bertz CT molecular complexity index is 255. The third-order valence-corrected chi connectivity index (χ3v) is 2.79. The Morgan fingerprint density at radius 3 is 2.67 bits per heavy atom. The van der Waals surface area contributed by atoms with Crippen molar-refractivity contribution in [1.29, 1.82) is 0 Å². The summed E-state index contributed by atoms with van der Waals surface area (Å²) in [6.07, 6.45) is 0.881. The Hall–Kier alpha value is -1.10. The SMILES string of the molecule is CNCCCN1CC(C)N(C)C(=O)C1=O. The van der Waals surface area contributed by atoms with Gasteiger partial charge in [0.15, 0.2) is 0 Å². The number of hydrogen-bond acceptors (Lipinski definition) is 3. The lowest BCUT2D eigenvalue weighted by atomic mass is 10.2. The van der Waals surface area contributed by atoms with Crippen LogP contribution >= 0.6 is 0 Å². The molecule has 15 heavy (non-hydrogen) atoms. The highest BCUT2D eigenvalue weighted by Gasteiger charge is 2.33. The molecular formula is C10H19N3O2. The summed E-state index contributed by atoms with van der Waals surface area (Å²) in [5.41, 5.74) is 0. The summed E-state index contributed by atoms with van der Waals surface area (Å²) in [4.78, 5) is 26.2. The van der Waals surface area contributed by atoms with E-state index in [-0.39, 0.29) is 11.9 Å². The fourth-order valence-corrected chi connectivity index (χ4v) is 1.65. The quantitative estimate of drug-likeness (QED) is 0.495. The Kier molecular flexibility index (Phi) is 4.08. The van der Waals surface area contributed by atoms with Crippen LogP contribution in [0.15, 0.2) is 0 Å². The molecule has 1 aliphatic heterocycles. The number of carbonyl (C=O) groups excluding carboxylic acids is 2. The van der Waals surface area contributed by atoms with Crippen LogP contribution in [0.4, 0.5) is 0 Å². The second kappa shape index (κ2) is 5.11. The third kappa shape index (κ3) is 2.68. The molecule has 0 bridgehead atoms. The molecule has 1 N–H and O–H groups in total. The molecule has 86 valence electrons. The standard InChI is InChI=1S/C10H19N3O2/c1-8-7-13(6-4-5-11-2)10(15)9(14)12(8)3/h8,11H,4-7H2,1-3H3. The van der Waals surface area contributed by atoms with E-state index in [4.69, 9.17) is 0 Å². The molecule has 0 saturated carbocycles. The maximum absolute atomic E-state index is 11.6. The van der Waals surface area contributed by atoms with Crippen molar-refractivity contribution < 1.29 is 9.59 Å². The van der Waals surface area contributed by atoms with Crippen LogP contribution in [0.5, 0.6) is 0 Å². The molecule has 0 aromatic rings. The van der Waals surface area contributed by atoms with E-state index in [0.717, 1.165) is 13.0 Å². The topological polar surface area (TPSA) is 52.6 Å². The van der Waals surface area contributed by atoms with E-state index >= 15 is 0 Å². The molecule has 5 heteroatoms. The summed E-state index contributed by atoms with van der Waals surface area (Å²) in [6.45, 7) is 4.12. The fraction of sp³-hybridized carbons (Fsp3) is 0.800. The molecule has 0 aromatic carbocycles. The molecule has 1 atom stereocenters. The highest BCUT2D eigenvalue weighted by Crippen LogP contribution is 2.09. The summed E-state index contributed by atoms with van der Waals surface area (Å²) < 4.78 is 0. The van der Waals surface area contributed by atoms with Crippen LogP contribution in [0.25, 0.3) is 0 Å². The van der Waals surface area contributed by atoms with E-state index in [1.54, 1.807) is 11.9 Å². The summed E-state index contributed by atoms with van der Waals surface area (Å²) in [7, 11) is 3.55. The van der Waals surface area contributed by atoms with Crippen molar-refractivity contribution in [3.63, 3.8) is 0 Å². The Morgan fingerprint density at radius 2 is 2.07 bits per heavy atom. The van der Waals surface area contributed by atoms with E-state index in [2.05, 4.69) is 5.32 Å². The summed E-state index contributed by atoms with van der Waals surface area (Å²) >= 11 is 0. The van der Waals surface area contributed by atoms with Crippen molar-refractivity contribution in [3.05, 3.63) is 0 Å². The lowest BCUT2D eigenvalue weighted by Gasteiger charge is -2.36. The molecule has 0 aliphatic carbocycles. The second-order valence-corrected chi connectivity index (χ2v) is 3.97. The largest absolute Gasteiger partial charge is 0.333 e. The zero-order valence-corrected chi connectivity index (χ0v) is 9.62. The van der Waals surface area contributed by atoms with E-state index in [1.165, 1.54) is 4.90 Å². The first-order valence-corrected chi connectivity index (χ1v) is 5.28. The van der Waals surface area contributed by atoms with Gasteiger partial charge in [0.25, 0.3) is 0 Å². The normalized spacial score (nSPS) is 22.5. The number of likely N-dealkylation sites (N-methyl/N-ethyl adjacent to an activating group) is 1. The Morgan fingerprint density at radius 1 is 1.40 bits per heavy atom. The summed E-state index contributed by atoms with van der Waals surface area (Å²) in [6, 6.07) is 0.116. The number of rotatable bonds is 4.